The molecule has 0 radical (unpaired) electrons. The Bertz CT molecular complexity index is 1030. The average Bonchev–Trinajstić information content (AvgIpc) is 2.64. The number of amides is 1. The van der Waals surface area contributed by atoms with Crippen molar-refractivity contribution in [3.8, 4) is 5.75 Å². The Morgan fingerprint density at radius 1 is 1.11 bits per heavy atom. The van der Waals surface area contributed by atoms with Gasteiger partial charge < -0.3 is 15.5 Å². The summed E-state index contributed by atoms with van der Waals surface area (Å²) in [6.07, 6.45) is 0.139. The van der Waals surface area contributed by atoms with Crippen LogP contribution in [0, 0.1) is 5.82 Å². The van der Waals surface area contributed by atoms with Crippen molar-refractivity contribution in [2.75, 3.05) is 5.32 Å². The zero-order valence-electron chi connectivity index (χ0n) is 14.6. The predicted octanol–water partition coefficient (Wildman–Crippen LogP) is 4.52. The summed E-state index contributed by atoms with van der Waals surface area (Å²) in [6, 6.07) is 14.2. The Kier molecular flexibility index (Phi) is 5.07. The van der Waals surface area contributed by atoms with E-state index in [0.29, 0.717) is 10.8 Å². The van der Waals surface area contributed by atoms with Crippen LogP contribution >= 0.6 is 0 Å². The molecular weight excluding hydrogens is 349 g/mol. The number of aromatic carboxylic acids is 1. The molecule has 6 heteroatoms. The molecule has 5 nitrogen and oxygen atoms in total. The van der Waals surface area contributed by atoms with E-state index in [9.17, 15) is 24.2 Å². The lowest BCUT2D eigenvalue weighted by Gasteiger charge is -2.14. The molecule has 1 amide bonds. The van der Waals surface area contributed by atoms with Crippen LogP contribution < -0.4 is 5.32 Å². The first kappa shape index (κ1) is 18.4. The Morgan fingerprint density at radius 3 is 2.59 bits per heavy atom. The van der Waals surface area contributed by atoms with Crippen LogP contribution in [0.15, 0.2) is 54.6 Å². The molecule has 138 valence electrons. The third kappa shape index (κ3) is 3.89. The third-order valence-corrected chi connectivity index (χ3v) is 4.45. The number of nitrogens with one attached hydrogen (secondary N) is 1. The van der Waals surface area contributed by atoms with Crippen LogP contribution in [0.5, 0.6) is 5.75 Å². The molecule has 0 heterocycles. The number of phenolic OH excluding ortho intramolecular Hbond substituents is 1. The fraction of sp³-hybridized carbons (Fsp3) is 0.143. The molecule has 3 aromatic rings. The molecule has 1 atom stereocenters. The summed E-state index contributed by atoms with van der Waals surface area (Å²) in [6.45, 7) is 1.86. The van der Waals surface area contributed by atoms with Crippen LogP contribution in [-0.4, -0.2) is 22.1 Å². The lowest BCUT2D eigenvalue weighted by molar-refractivity contribution is -0.116. The topological polar surface area (TPSA) is 86.6 Å². The van der Waals surface area contributed by atoms with Crippen molar-refractivity contribution in [3.05, 3.63) is 71.5 Å². The highest BCUT2D eigenvalue weighted by atomic mass is 19.1. The number of para-hydroxylation sites is 1. The molecule has 0 fully saturated rings. The number of aromatic hydroxyl groups is 1. The normalized spacial score (nSPS) is 11.9. The largest absolute Gasteiger partial charge is 0.505 e. The lowest BCUT2D eigenvalue weighted by atomic mass is 9.94. The number of carboxylic acid groups (broad SMARTS) is 1. The van der Waals surface area contributed by atoms with Crippen LogP contribution in [0.4, 0.5) is 10.1 Å². The van der Waals surface area contributed by atoms with Crippen LogP contribution in [0.3, 0.4) is 0 Å². The van der Waals surface area contributed by atoms with Crippen LogP contribution in [0.25, 0.3) is 10.8 Å². The highest BCUT2D eigenvalue weighted by Crippen LogP contribution is 2.29. The highest BCUT2D eigenvalue weighted by Gasteiger charge is 2.16. The van der Waals surface area contributed by atoms with Crippen molar-refractivity contribution in [3.63, 3.8) is 0 Å². The van der Waals surface area contributed by atoms with E-state index in [0.717, 1.165) is 5.56 Å². The van der Waals surface area contributed by atoms with E-state index in [2.05, 4.69) is 5.32 Å². The second-order valence-electron chi connectivity index (χ2n) is 6.38. The molecule has 0 aliphatic heterocycles. The van der Waals surface area contributed by atoms with Gasteiger partial charge in [-0.2, -0.15) is 0 Å². The lowest BCUT2D eigenvalue weighted by Crippen LogP contribution is -2.16. The molecule has 27 heavy (non-hydrogen) atoms. The first-order chi connectivity index (χ1) is 12.9. The Balaban J connectivity index is 1.76. The fourth-order valence-electron chi connectivity index (χ4n) is 2.98. The van der Waals surface area contributed by atoms with Crippen molar-refractivity contribution in [1.82, 2.24) is 0 Å². The van der Waals surface area contributed by atoms with Crippen molar-refractivity contribution in [1.29, 1.82) is 0 Å². The molecule has 1 unspecified atom stereocenters. The quantitative estimate of drug-likeness (QED) is 0.619. The Hall–Kier alpha value is -3.41. The van der Waals surface area contributed by atoms with E-state index in [4.69, 9.17) is 0 Å². The SMILES string of the molecule is CC(CC(=O)Nc1ccccc1C(=O)O)c1ccc2c(F)c(O)ccc2c1. The smallest absolute Gasteiger partial charge is 0.337 e. The number of hydrogen-bond donors (Lipinski definition) is 3. The minimum atomic E-state index is -1.11. The molecule has 3 N–H and O–H groups in total. The standard InChI is InChI=1S/C21H18FNO4/c1-12(10-19(25)23-17-5-3-2-4-16(17)21(26)27)13-6-8-15-14(11-13)7-9-18(24)20(15)22/h2-9,11-12,24H,10H2,1H3,(H,23,25)(H,26,27). The molecule has 0 bridgehead atoms. The van der Waals surface area contributed by atoms with E-state index in [1.54, 1.807) is 36.4 Å². The first-order valence-electron chi connectivity index (χ1n) is 8.40. The monoisotopic (exact) mass is 367 g/mol. The molecule has 3 rings (SSSR count). The molecule has 0 aromatic heterocycles. The number of hydrogen-bond acceptors (Lipinski definition) is 3. The summed E-state index contributed by atoms with van der Waals surface area (Å²) in [5.41, 5.74) is 1.12. The summed E-state index contributed by atoms with van der Waals surface area (Å²) >= 11 is 0. The molecular formula is C21H18FNO4. The summed E-state index contributed by atoms with van der Waals surface area (Å²) in [5.74, 6) is -2.66. The zero-order valence-corrected chi connectivity index (χ0v) is 14.6. The number of phenols is 1. The van der Waals surface area contributed by atoms with E-state index in [1.807, 2.05) is 6.92 Å². The minimum Gasteiger partial charge on any atom is -0.505 e. The summed E-state index contributed by atoms with van der Waals surface area (Å²) in [5, 5.41) is 22.2. The summed E-state index contributed by atoms with van der Waals surface area (Å²) < 4.78 is 13.9. The minimum absolute atomic E-state index is 0.0273. The van der Waals surface area contributed by atoms with Crippen LogP contribution in [0.1, 0.15) is 35.2 Å². The van der Waals surface area contributed by atoms with Gasteiger partial charge in [0.1, 0.15) is 0 Å². The van der Waals surface area contributed by atoms with Crippen molar-refractivity contribution in [2.45, 2.75) is 19.3 Å². The maximum Gasteiger partial charge on any atom is 0.337 e. The van der Waals surface area contributed by atoms with Crippen molar-refractivity contribution in [2.24, 2.45) is 0 Å². The second-order valence-corrected chi connectivity index (χ2v) is 6.38. The average molecular weight is 367 g/mol. The van der Waals surface area contributed by atoms with Gasteiger partial charge in [-0.25, -0.2) is 9.18 Å². The van der Waals surface area contributed by atoms with Gasteiger partial charge in [-0.05, 0) is 35.1 Å². The van der Waals surface area contributed by atoms with Gasteiger partial charge in [0.25, 0.3) is 0 Å². The van der Waals surface area contributed by atoms with Gasteiger partial charge in [0.05, 0.1) is 11.3 Å². The van der Waals surface area contributed by atoms with Crippen molar-refractivity contribution >= 4 is 28.3 Å². The number of carbonyl (C=O) groups is 2. The number of rotatable bonds is 5. The second kappa shape index (κ2) is 7.45. The van der Waals surface area contributed by atoms with Crippen LogP contribution in [0.2, 0.25) is 0 Å². The number of carbonyl (C=O) groups excluding carboxylic acids is 1. The van der Waals surface area contributed by atoms with E-state index in [1.165, 1.54) is 18.2 Å². The van der Waals surface area contributed by atoms with Crippen LogP contribution in [-0.2, 0) is 4.79 Å². The number of fused-ring (bicyclic) bond motifs is 1. The zero-order chi connectivity index (χ0) is 19.6. The van der Waals surface area contributed by atoms with E-state index < -0.39 is 17.5 Å². The number of benzene rings is 3. The van der Waals surface area contributed by atoms with Gasteiger partial charge >= 0.3 is 5.97 Å². The highest BCUT2D eigenvalue weighted by molar-refractivity contribution is 6.00. The first-order valence-corrected chi connectivity index (χ1v) is 8.40. The Morgan fingerprint density at radius 2 is 1.85 bits per heavy atom. The van der Waals surface area contributed by atoms with Gasteiger partial charge in [0, 0.05) is 11.8 Å². The molecule has 0 saturated heterocycles. The van der Waals surface area contributed by atoms with E-state index >= 15 is 0 Å². The fourth-order valence-corrected chi connectivity index (χ4v) is 2.98. The van der Waals surface area contributed by atoms with Gasteiger partial charge in [-0.15, -0.1) is 0 Å². The number of anilines is 1. The maximum absolute atomic E-state index is 13.9. The van der Waals surface area contributed by atoms with Gasteiger partial charge in [-0.3, -0.25) is 4.79 Å². The molecule has 0 spiro atoms. The number of carboxylic acids is 1. The number of halogens is 1. The van der Waals surface area contributed by atoms with Gasteiger partial charge in [-0.1, -0.05) is 43.3 Å². The van der Waals surface area contributed by atoms with Gasteiger partial charge in [0.2, 0.25) is 5.91 Å². The Labute approximate surface area is 155 Å². The molecule has 0 aliphatic carbocycles. The summed E-state index contributed by atoms with van der Waals surface area (Å²) in [7, 11) is 0. The molecule has 0 aliphatic rings. The predicted molar refractivity (Wildman–Crippen MR) is 101 cm³/mol. The van der Waals surface area contributed by atoms with E-state index in [-0.39, 0.29) is 29.5 Å². The van der Waals surface area contributed by atoms with Crippen molar-refractivity contribution < 1.29 is 24.2 Å². The maximum atomic E-state index is 13.9. The third-order valence-electron chi connectivity index (χ3n) is 4.45. The molecule has 3 aromatic carbocycles. The van der Waals surface area contributed by atoms with Gasteiger partial charge in [0.15, 0.2) is 11.6 Å². The summed E-state index contributed by atoms with van der Waals surface area (Å²) in [4.78, 5) is 23.6. The molecule has 0 saturated carbocycles.